The fourth-order valence-electron chi connectivity index (χ4n) is 1.74. The second-order valence-corrected chi connectivity index (χ2v) is 4.86. The Kier molecular flexibility index (Phi) is 4.37. The van der Waals surface area contributed by atoms with Gasteiger partial charge in [0.05, 0.1) is 17.3 Å². The molecule has 1 aliphatic carbocycles. The first-order chi connectivity index (χ1) is 9.38. The lowest BCUT2D eigenvalue weighted by Gasteiger charge is -2.22. The zero-order chi connectivity index (χ0) is 14.9. The molecule has 0 spiro atoms. The second-order valence-electron chi connectivity index (χ2n) is 4.45. The summed E-state index contributed by atoms with van der Waals surface area (Å²) < 4.78 is 50.8. The molecule has 2 rings (SSSR count). The van der Waals surface area contributed by atoms with Crippen LogP contribution in [-0.2, 0) is 0 Å². The van der Waals surface area contributed by atoms with Gasteiger partial charge in [-0.15, -0.1) is 0 Å². The Labute approximate surface area is 117 Å². The van der Waals surface area contributed by atoms with E-state index in [-0.39, 0.29) is 16.8 Å². The largest absolute Gasteiger partial charge is 0.322 e. The van der Waals surface area contributed by atoms with Crippen molar-refractivity contribution in [2.45, 2.75) is 25.3 Å². The van der Waals surface area contributed by atoms with Gasteiger partial charge in [0.2, 0.25) is 0 Å². The van der Waals surface area contributed by atoms with E-state index in [0.29, 0.717) is 25.0 Å². The Hall–Kier alpha value is -1.50. The topological polar surface area (TPSA) is 32.3 Å². The van der Waals surface area contributed by atoms with Crippen LogP contribution in [0.2, 0.25) is 5.02 Å². The van der Waals surface area contributed by atoms with E-state index in [0.717, 1.165) is 4.90 Å². The van der Waals surface area contributed by atoms with Crippen LogP contribution < -0.4 is 5.32 Å². The molecule has 0 aromatic heterocycles. The highest BCUT2D eigenvalue weighted by Crippen LogP contribution is 2.30. The van der Waals surface area contributed by atoms with E-state index in [9.17, 15) is 22.4 Å². The van der Waals surface area contributed by atoms with Crippen LogP contribution in [0.4, 0.5) is 28.0 Å². The fourth-order valence-corrected chi connectivity index (χ4v) is 1.94. The van der Waals surface area contributed by atoms with Gasteiger partial charge in [0, 0.05) is 12.1 Å². The zero-order valence-electron chi connectivity index (χ0n) is 10.2. The summed E-state index contributed by atoms with van der Waals surface area (Å²) in [6.07, 6.45) is -1.38. The summed E-state index contributed by atoms with van der Waals surface area (Å²) in [5, 5.41) is 2.02. The van der Waals surface area contributed by atoms with Crippen LogP contribution >= 0.6 is 11.6 Å². The molecule has 3 nitrogen and oxygen atoms in total. The maximum atomic E-state index is 13.1. The Morgan fingerprint density at radius 2 is 1.95 bits per heavy atom. The third-order valence-corrected chi connectivity index (χ3v) is 3.15. The smallest absolute Gasteiger partial charge is 0.316 e. The molecule has 0 radical (unpaired) electrons. The summed E-state index contributed by atoms with van der Waals surface area (Å²) in [4.78, 5) is 12.9. The predicted octanol–water partition coefficient (Wildman–Crippen LogP) is 3.88. The molecule has 110 valence electrons. The maximum absolute atomic E-state index is 13.1. The first-order valence-corrected chi connectivity index (χ1v) is 6.26. The number of hydrogen-bond acceptors (Lipinski definition) is 1. The summed E-state index contributed by atoms with van der Waals surface area (Å²) in [5.74, 6) is -2.34. The minimum absolute atomic E-state index is 0.157. The molecule has 20 heavy (non-hydrogen) atoms. The van der Waals surface area contributed by atoms with Gasteiger partial charge >= 0.3 is 6.03 Å². The molecular formula is C12H11ClF4N2O. The molecule has 8 heteroatoms. The second kappa shape index (κ2) is 5.87. The summed E-state index contributed by atoms with van der Waals surface area (Å²) in [6, 6.07) is 0.373. The molecule has 0 aliphatic heterocycles. The van der Waals surface area contributed by atoms with Crippen molar-refractivity contribution in [3.8, 4) is 0 Å². The van der Waals surface area contributed by atoms with Crippen LogP contribution in [0.1, 0.15) is 12.8 Å². The van der Waals surface area contributed by atoms with Crippen molar-refractivity contribution in [3.05, 3.63) is 28.8 Å². The third-order valence-electron chi connectivity index (χ3n) is 2.83. The molecule has 1 aliphatic rings. The Bertz CT molecular complexity index is 522. The minimum atomic E-state index is -2.67. The van der Waals surface area contributed by atoms with Crippen LogP contribution in [0.3, 0.4) is 0 Å². The Balaban J connectivity index is 2.11. The van der Waals surface area contributed by atoms with Crippen molar-refractivity contribution in [1.82, 2.24) is 4.90 Å². The van der Waals surface area contributed by atoms with E-state index >= 15 is 0 Å². The van der Waals surface area contributed by atoms with Crippen molar-refractivity contribution in [1.29, 1.82) is 0 Å². The van der Waals surface area contributed by atoms with Crippen molar-refractivity contribution in [2.75, 3.05) is 11.9 Å². The van der Waals surface area contributed by atoms with E-state index in [1.54, 1.807) is 0 Å². The molecule has 1 aromatic carbocycles. The van der Waals surface area contributed by atoms with Gasteiger partial charge < -0.3 is 10.2 Å². The van der Waals surface area contributed by atoms with Crippen molar-refractivity contribution >= 4 is 23.3 Å². The SMILES string of the molecule is O=C(Nc1cc(F)c(F)cc1Cl)N(CC(F)F)C1CC1. The van der Waals surface area contributed by atoms with Crippen molar-refractivity contribution in [3.63, 3.8) is 0 Å². The van der Waals surface area contributed by atoms with Gasteiger partial charge in [0.15, 0.2) is 11.6 Å². The number of carbonyl (C=O) groups is 1. The van der Waals surface area contributed by atoms with Gasteiger partial charge in [-0.05, 0) is 18.9 Å². The van der Waals surface area contributed by atoms with Crippen LogP contribution in [0.5, 0.6) is 0 Å². The van der Waals surface area contributed by atoms with E-state index < -0.39 is 30.6 Å². The molecular weight excluding hydrogens is 300 g/mol. The molecule has 1 N–H and O–H groups in total. The lowest BCUT2D eigenvalue weighted by molar-refractivity contribution is 0.0994. The Morgan fingerprint density at radius 1 is 1.35 bits per heavy atom. The van der Waals surface area contributed by atoms with E-state index in [1.807, 2.05) is 0 Å². The fraction of sp³-hybridized carbons (Fsp3) is 0.417. The van der Waals surface area contributed by atoms with Crippen LogP contribution in [0.15, 0.2) is 12.1 Å². The van der Waals surface area contributed by atoms with E-state index in [4.69, 9.17) is 11.6 Å². The number of benzene rings is 1. The lowest BCUT2D eigenvalue weighted by atomic mass is 10.3. The normalized spacial score (nSPS) is 14.5. The van der Waals surface area contributed by atoms with Crippen molar-refractivity contribution < 1.29 is 22.4 Å². The maximum Gasteiger partial charge on any atom is 0.322 e. The molecule has 0 saturated heterocycles. The zero-order valence-corrected chi connectivity index (χ0v) is 10.9. The standard InChI is InChI=1S/C12H11ClF4N2O/c13-7-3-8(14)9(15)4-10(7)18-12(20)19(5-11(16)17)6-1-2-6/h3-4,6,11H,1-2,5H2,(H,18,20). The number of nitrogens with one attached hydrogen (secondary N) is 1. The van der Waals surface area contributed by atoms with E-state index in [2.05, 4.69) is 5.32 Å². The quantitative estimate of drug-likeness (QED) is 0.664. The first kappa shape index (κ1) is 14.9. The molecule has 1 saturated carbocycles. The molecule has 2 amide bonds. The highest BCUT2D eigenvalue weighted by Gasteiger charge is 2.34. The molecule has 0 bridgehead atoms. The average molecular weight is 311 g/mol. The first-order valence-electron chi connectivity index (χ1n) is 5.88. The Morgan fingerprint density at radius 3 is 2.50 bits per heavy atom. The summed E-state index contributed by atoms with van der Waals surface area (Å²) >= 11 is 5.66. The number of halogens is 5. The van der Waals surface area contributed by atoms with Gasteiger partial charge in [0.25, 0.3) is 6.43 Å². The number of hydrogen-bond donors (Lipinski definition) is 1. The van der Waals surface area contributed by atoms with Gasteiger partial charge in [-0.1, -0.05) is 11.6 Å². The summed E-state index contributed by atoms with van der Waals surface area (Å²) in [5.41, 5.74) is -0.157. The molecule has 0 unspecified atom stereocenters. The lowest BCUT2D eigenvalue weighted by Crippen LogP contribution is -2.40. The number of carbonyl (C=O) groups excluding carboxylic acids is 1. The highest BCUT2D eigenvalue weighted by atomic mass is 35.5. The number of amides is 2. The average Bonchev–Trinajstić information content (AvgIpc) is 3.16. The summed E-state index contributed by atoms with van der Waals surface area (Å²) in [7, 11) is 0. The molecule has 1 fully saturated rings. The number of alkyl halides is 2. The van der Waals surface area contributed by atoms with Gasteiger partial charge in [-0.25, -0.2) is 22.4 Å². The monoisotopic (exact) mass is 310 g/mol. The van der Waals surface area contributed by atoms with Gasteiger partial charge in [0.1, 0.15) is 0 Å². The molecule has 0 atom stereocenters. The predicted molar refractivity (Wildman–Crippen MR) is 66.1 cm³/mol. The number of anilines is 1. The molecule has 1 aromatic rings. The van der Waals surface area contributed by atoms with Crippen LogP contribution in [0, 0.1) is 11.6 Å². The van der Waals surface area contributed by atoms with Crippen LogP contribution in [0.25, 0.3) is 0 Å². The van der Waals surface area contributed by atoms with Crippen molar-refractivity contribution in [2.24, 2.45) is 0 Å². The highest BCUT2D eigenvalue weighted by molar-refractivity contribution is 6.33. The van der Waals surface area contributed by atoms with Crippen LogP contribution in [-0.4, -0.2) is 29.9 Å². The number of rotatable bonds is 4. The van der Waals surface area contributed by atoms with Gasteiger partial charge in [-0.2, -0.15) is 0 Å². The van der Waals surface area contributed by atoms with E-state index in [1.165, 1.54) is 0 Å². The third kappa shape index (κ3) is 3.53. The number of nitrogens with zero attached hydrogens (tertiary/aromatic N) is 1. The minimum Gasteiger partial charge on any atom is -0.316 e. The number of urea groups is 1. The van der Waals surface area contributed by atoms with Gasteiger partial charge in [-0.3, -0.25) is 0 Å². The molecule has 0 heterocycles. The summed E-state index contributed by atoms with van der Waals surface area (Å²) in [6.45, 7) is -0.711.